The third kappa shape index (κ3) is 3.62. The van der Waals surface area contributed by atoms with Crippen LogP contribution in [-0.2, 0) is 14.6 Å². The average molecular weight is 477 g/mol. The molecule has 170 valence electrons. The minimum Gasteiger partial charge on any atom is -0.444 e. The lowest BCUT2D eigenvalue weighted by atomic mass is 9.88. The Morgan fingerprint density at radius 1 is 1.25 bits per heavy atom. The summed E-state index contributed by atoms with van der Waals surface area (Å²) < 4.78 is 36.4. The number of amides is 1. The van der Waals surface area contributed by atoms with E-state index in [1.807, 2.05) is 31.1 Å². The van der Waals surface area contributed by atoms with E-state index < -0.39 is 15.4 Å². The number of hydrogen-bond acceptors (Lipinski definition) is 9. The highest BCUT2D eigenvalue weighted by Gasteiger charge is 2.49. The summed E-state index contributed by atoms with van der Waals surface area (Å²) in [4.78, 5) is 25.3. The third-order valence-corrected chi connectivity index (χ3v) is 7.56. The molecule has 2 unspecified atom stereocenters. The van der Waals surface area contributed by atoms with Crippen molar-refractivity contribution < 1.29 is 22.4 Å². The van der Waals surface area contributed by atoms with Gasteiger partial charge in [-0.3, -0.25) is 4.90 Å². The van der Waals surface area contributed by atoms with E-state index in [2.05, 4.69) is 9.97 Å². The van der Waals surface area contributed by atoms with Gasteiger partial charge in [0.15, 0.2) is 15.4 Å². The summed E-state index contributed by atoms with van der Waals surface area (Å²) in [6, 6.07) is 3.63. The van der Waals surface area contributed by atoms with Gasteiger partial charge in [-0.2, -0.15) is 4.98 Å². The molecule has 2 aromatic heterocycles. The van der Waals surface area contributed by atoms with Gasteiger partial charge in [0.1, 0.15) is 16.1 Å². The average Bonchev–Trinajstić information content (AvgIpc) is 3.35. The number of rotatable bonds is 3. The van der Waals surface area contributed by atoms with Crippen molar-refractivity contribution in [3.8, 4) is 10.6 Å². The molecule has 9 nitrogen and oxygen atoms in total. The van der Waals surface area contributed by atoms with E-state index in [0.29, 0.717) is 35.8 Å². The van der Waals surface area contributed by atoms with Crippen LogP contribution in [0, 0.1) is 0 Å². The maximum atomic E-state index is 12.5. The second kappa shape index (κ2) is 7.17. The number of piperidine rings is 1. The van der Waals surface area contributed by atoms with E-state index >= 15 is 0 Å². The highest BCUT2D eigenvalue weighted by Crippen LogP contribution is 2.39. The molecule has 0 saturated carbocycles. The number of fused-ring (bicyclic) bond motifs is 3. The highest BCUT2D eigenvalue weighted by atomic mass is 32.2. The van der Waals surface area contributed by atoms with E-state index in [9.17, 15) is 13.2 Å². The smallest absolute Gasteiger partial charge is 0.410 e. The first-order valence-corrected chi connectivity index (χ1v) is 13.1. The number of ether oxygens (including phenoxy) is 1. The van der Waals surface area contributed by atoms with E-state index in [4.69, 9.17) is 9.15 Å². The predicted molar refractivity (Wildman–Crippen MR) is 121 cm³/mol. The number of thiazole rings is 1. The number of benzene rings is 1. The molecule has 11 heteroatoms. The number of hydrogen-bond donors (Lipinski definition) is 0. The van der Waals surface area contributed by atoms with Crippen molar-refractivity contribution in [2.75, 3.05) is 24.2 Å². The Bertz CT molecular complexity index is 1280. The molecule has 0 radical (unpaired) electrons. The Morgan fingerprint density at radius 3 is 2.56 bits per heavy atom. The third-order valence-electron chi connectivity index (χ3n) is 5.63. The molecule has 0 N–H and O–H groups in total. The van der Waals surface area contributed by atoms with Crippen molar-refractivity contribution in [3.05, 3.63) is 23.7 Å². The van der Waals surface area contributed by atoms with E-state index in [-0.39, 0.29) is 23.1 Å². The summed E-state index contributed by atoms with van der Waals surface area (Å²) in [5.41, 5.74) is 0.869. The molecule has 5 heterocycles. The first-order chi connectivity index (χ1) is 15.0. The fourth-order valence-electron chi connectivity index (χ4n) is 4.31. The summed E-state index contributed by atoms with van der Waals surface area (Å²) in [6.45, 7) is 6.65. The van der Waals surface area contributed by atoms with Gasteiger partial charge in [0.25, 0.3) is 6.01 Å². The molecule has 0 aliphatic carbocycles. The lowest BCUT2D eigenvalue weighted by Gasteiger charge is -2.55. The van der Waals surface area contributed by atoms with Gasteiger partial charge in [-0.05, 0) is 39.3 Å². The quantitative estimate of drug-likeness (QED) is 0.565. The van der Waals surface area contributed by atoms with Crippen LogP contribution in [0.4, 0.5) is 10.8 Å². The Kier molecular flexibility index (Phi) is 4.75. The van der Waals surface area contributed by atoms with Crippen LogP contribution in [0.25, 0.3) is 21.7 Å². The SMILES string of the molecule is CC(C)(C)OC(=O)N1C2CC1CN(c1nc3c(S(C)(=O)=O)ccc(-c4nccs4)c3o1)C2. The number of nitrogens with zero attached hydrogens (tertiary/aromatic N) is 4. The molecule has 6 rings (SSSR count). The van der Waals surface area contributed by atoms with Crippen LogP contribution in [0.3, 0.4) is 0 Å². The summed E-state index contributed by atoms with van der Waals surface area (Å²) in [5.74, 6) is 0. The van der Waals surface area contributed by atoms with Crippen molar-refractivity contribution >= 4 is 44.4 Å². The van der Waals surface area contributed by atoms with E-state index in [1.54, 1.807) is 23.2 Å². The van der Waals surface area contributed by atoms with Crippen molar-refractivity contribution in [1.29, 1.82) is 0 Å². The van der Waals surface area contributed by atoms with Gasteiger partial charge in [0, 0.05) is 30.9 Å². The molecule has 1 aromatic carbocycles. The van der Waals surface area contributed by atoms with Crippen LogP contribution >= 0.6 is 11.3 Å². The molecule has 3 aromatic rings. The summed E-state index contributed by atoms with van der Waals surface area (Å²) in [7, 11) is -3.50. The number of anilines is 1. The van der Waals surface area contributed by atoms with Gasteiger partial charge in [0.05, 0.1) is 22.5 Å². The molecule has 3 aliphatic rings. The Balaban J connectivity index is 1.48. The van der Waals surface area contributed by atoms with Gasteiger partial charge in [-0.1, -0.05) is 0 Å². The predicted octanol–water partition coefficient (Wildman–Crippen LogP) is 3.55. The van der Waals surface area contributed by atoms with Crippen LogP contribution < -0.4 is 4.90 Å². The van der Waals surface area contributed by atoms with Gasteiger partial charge in [0.2, 0.25) is 0 Å². The Morgan fingerprint density at radius 2 is 1.97 bits per heavy atom. The summed E-state index contributed by atoms with van der Waals surface area (Å²) in [6.07, 6.45) is 3.45. The van der Waals surface area contributed by atoms with Crippen molar-refractivity contribution in [3.63, 3.8) is 0 Å². The minimum atomic E-state index is -3.50. The Labute approximate surface area is 189 Å². The largest absolute Gasteiger partial charge is 0.444 e. The van der Waals surface area contributed by atoms with E-state index in [1.165, 1.54) is 11.3 Å². The number of carbonyl (C=O) groups is 1. The number of oxazole rings is 1. The zero-order valence-electron chi connectivity index (χ0n) is 18.2. The monoisotopic (exact) mass is 476 g/mol. The van der Waals surface area contributed by atoms with Gasteiger partial charge in [-0.15, -0.1) is 11.3 Å². The fraction of sp³-hybridized carbons (Fsp3) is 0.476. The Hall–Kier alpha value is -2.66. The molecule has 2 bridgehead atoms. The van der Waals surface area contributed by atoms with Crippen molar-refractivity contribution in [2.45, 2.75) is 49.8 Å². The molecule has 0 spiro atoms. The standard InChI is InChI=1S/C21H24N4O5S2/c1-21(2,3)30-20(26)25-12-9-13(25)11-24(10-12)19-23-16-15(32(4,27)28)6-5-14(17(16)29-19)18-22-7-8-31-18/h5-8,12-13H,9-11H2,1-4H3. The lowest BCUT2D eigenvalue weighted by Crippen LogP contribution is -2.70. The number of aromatic nitrogens is 2. The maximum absolute atomic E-state index is 12.5. The number of sulfone groups is 1. The number of piperazine rings is 1. The van der Waals surface area contributed by atoms with Gasteiger partial charge >= 0.3 is 6.09 Å². The highest BCUT2D eigenvalue weighted by molar-refractivity contribution is 7.91. The fourth-order valence-corrected chi connectivity index (χ4v) is 5.77. The van der Waals surface area contributed by atoms with Crippen LogP contribution in [0.15, 0.2) is 33.0 Å². The van der Waals surface area contributed by atoms with Gasteiger partial charge in [-0.25, -0.2) is 18.2 Å². The molecular weight excluding hydrogens is 452 g/mol. The van der Waals surface area contributed by atoms with Crippen LogP contribution in [0.2, 0.25) is 0 Å². The normalized spacial score (nSPS) is 21.0. The van der Waals surface area contributed by atoms with Crippen molar-refractivity contribution in [2.24, 2.45) is 0 Å². The molecule has 3 aliphatic heterocycles. The van der Waals surface area contributed by atoms with Crippen LogP contribution in [-0.4, -0.2) is 66.4 Å². The lowest BCUT2D eigenvalue weighted by molar-refractivity contribution is -0.0386. The van der Waals surface area contributed by atoms with Crippen LogP contribution in [0.5, 0.6) is 0 Å². The minimum absolute atomic E-state index is 0.00595. The molecule has 1 amide bonds. The second-order valence-corrected chi connectivity index (χ2v) is 12.1. The van der Waals surface area contributed by atoms with E-state index in [0.717, 1.165) is 17.7 Å². The topological polar surface area (TPSA) is 106 Å². The zero-order valence-corrected chi connectivity index (χ0v) is 19.9. The van der Waals surface area contributed by atoms with Gasteiger partial charge < -0.3 is 14.1 Å². The first kappa shape index (κ1) is 21.2. The maximum Gasteiger partial charge on any atom is 0.410 e. The van der Waals surface area contributed by atoms with Crippen molar-refractivity contribution in [1.82, 2.24) is 14.9 Å². The number of carbonyl (C=O) groups excluding carboxylic acids is 1. The molecule has 2 atom stereocenters. The summed E-state index contributed by atoms with van der Waals surface area (Å²) >= 11 is 1.44. The second-order valence-electron chi connectivity index (χ2n) is 9.23. The van der Waals surface area contributed by atoms with Crippen LogP contribution in [0.1, 0.15) is 27.2 Å². The summed E-state index contributed by atoms with van der Waals surface area (Å²) in [5, 5.41) is 2.59. The molecular formula is C21H24N4O5S2. The zero-order chi connectivity index (χ0) is 22.8. The molecule has 3 saturated heterocycles. The molecule has 3 fully saturated rings. The molecule has 32 heavy (non-hydrogen) atoms. The first-order valence-electron chi connectivity index (χ1n) is 10.3.